The van der Waals surface area contributed by atoms with E-state index in [4.69, 9.17) is 4.74 Å². The fraction of sp³-hybridized carbons (Fsp3) is 0.462. The fourth-order valence-corrected chi connectivity index (χ4v) is 5.67. The fourth-order valence-electron chi connectivity index (χ4n) is 5.67. The number of amides is 2. The average molecular weight is 453 g/mol. The van der Waals surface area contributed by atoms with Crippen LogP contribution in [0.2, 0.25) is 0 Å². The highest BCUT2D eigenvalue weighted by molar-refractivity contribution is 6.07. The summed E-state index contributed by atoms with van der Waals surface area (Å²) in [5.41, 5.74) is 0.915. The molecule has 2 aromatic rings. The number of anilines is 2. The Kier molecular flexibility index (Phi) is 6.07. The highest BCUT2D eigenvalue weighted by atomic mass is 16.5. The van der Waals surface area contributed by atoms with Gasteiger partial charge in [-0.15, -0.1) is 0 Å². The summed E-state index contributed by atoms with van der Waals surface area (Å²) in [5.74, 6) is -0.912. The van der Waals surface area contributed by atoms with Crippen LogP contribution in [0.15, 0.2) is 48.5 Å². The van der Waals surface area contributed by atoms with Crippen LogP contribution in [0, 0.1) is 11.8 Å². The van der Waals surface area contributed by atoms with E-state index in [2.05, 4.69) is 5.32 Å². The van der Waals surface area contributed by atoms with Crippen LogP contribution in [0.25, 0.3) is 0 Å². The third-order valence-electron chi connectivity index (χ3n) is 6.92. The lowest BCUT2D eigenvalue weighted by Crippen LogP contribution is -2.46. The minimum Gasteiger partial charge on any atom is -0.396 e. The normalized spacial score (nSPS) is 26.7. The van der Waals surface area contributed by atoms with Gasteiger partial charge in [0.05, 0.1) is 23.9 Å². The number of rotatable bonds is 6. The molecule has 2 amide bonds. The number of carbonyl (C=O) groups excluding carboxylic acids is 2. The molecule has 1 fully saturated rings. The molecular formula is C26H32N2O5. The van der Waals surface area contributed by atoms with E-state index < -0.39 is 17.3 Å². The minimum atomic E-state index is -1.21. The Hall–Kier alpha value is -2.74. The predicted octanol–water partition coefficient (Wildman–Crippen LogP) is 3.19. The number of nitrogens with zero attached hydrogens (tertiary/aromatic N) is 1. The summed E-state index contributed by atoms with van der Waals surface area (Å²) in [6.45, 7) is 7.16. The third-order valence-corrected chi connectivity index (χ3v) is 6.92. The van der Waals surface area contributed by atoms with Crippen molar-refractivity contribution in [2.45, 2.75) is 58.0 Å². The van der Waals surface area contributed by atoms with Gasteiger partial charge in [-0.1, -0.05) is 37.3 Å². The third kappa shape index (κ3) is 3.94. The molecule has 7 nitrogen and oxygen atoms in total. The molecule has 7 heteroatoms. The number of hydrogen-bond acceptors (Lipinski definition) is 5. The monoisotopic (exact) mass is 452 g/mol. The van der Waals surface area contributed by atoms with Crippen LogP contribution in [0.4, 0.5) is 11.4 Å². The molecule has 0 bridgehead atoms. The summed E-state index contributed by atoms with van der Waals surface area (Å²) < 4.78 is 6.51. The Morgan fingerprint density at radius 2 is 1.85 bits per heavy atom. The Morgan fingerprint density at radius 1 is 1.18 bits per heavy atom. The van der Waals surface area contributed by atoms with Crippen molar-refractivity contribution in [2.75, 3.05) is 16.8 Å². The van der Waals surface area contributed by atoms with Gasteiger partial charge in [-0.25, -0.2) is 0 Å². The zero-order chi connectivity index (χ0) is 24.0. The van der Waals surface area contributed by atoms with Crippen molar-refractivity contribution >= 4 is 23.2 Å². The number of benzene rings is 2. The van der Waals surface area contributed by atoms with Gasteiger partial charge in [0.1, 0.15) is 0 Å². The van der Waals surface area contributed by atoms with Crippen molar-refractivity contribution in [3.05, 3.63) is 59.7 Å². The lowest BCUT2D eigenvalue weighted by atomic mass is 9.71. The van der Waals surface area contributed by atoms with E-state index in [1.165, 1.54) is 6.92 Å². The molecule has 2 aliphatic rings. The van der Waals surface area contributed by atoms with E-state index in [0.29, 0.717) is 18.7 Å². The molecule has 0 radical (unpaired) electrons. The minimum absolute atomic E-state index is 0.0831. The summed E-state index contributed by atoms with van der Waals surface area (Å²) in [4.78, 5) is 27.1. The van der Waals surface area contributed by atoms with Gasteiger partial charge < -0.3 is 25.2 Å². The topological polar surface area (TPSA) is 99.1 Å². The van der Waals surface area contributed by atoms with Crippen LogP contribution in [0.5, 0.6) is 0 Å². The van der Waals surface area contributed by atoms with Crippen molar-refractivity contribution in [3.8, 4) is 0 Å². The van der Waals surface area contributed by atoms with E-state index in [0.717, 1.165) is 16.8 Å². The van der Waals surface area contributed by atoms with E-state index >= 15 is 0 Å². The quantitative estimate of drug-likeness (QED) is 0.625. The molecule has 1 saturated heterocycles. The molecule has 176 valence electrons. The van der Waals surface area contributed by atoms with Crippen molar-refractivity contribution in [1.82, 2.24) is 0 Å². The second kappa shape index (κ2) is 8.56. The van der Waals surface area contributed by atoms with E-state index in [-0.39, 0.29) is 30.3 Å². The SMILES string of the molecule is CC(=O)Nc1ccc(CN2C(=O)[C@]3(O[C@H](CCO)[C@@H](C(C)(C)O)[C@@H]3C)c3ccccc32)cc1. The first-order valence-electron chi connectivity index (χ1n) is 11.4. The first-order valence-corrected chi connectivity index (χ1v) is 11.4. The smallest absolute Gasteiger partial charge is 0.264 e. The van der Waals surface area contributed by atoms with Gasteiger partial charge in [0.2, 0.25) is 5.91 Å². The maximum absolute atomic E-state index is 14.0. The van der Waals surface area contributed by atoms with Gasteiger partial charge in [-0.3, -0.25) is 9.59 Å². The molecule has 0 aromatic heterocycles. The Balaban J connectivity index is 1.71. The molecule has 4 atom stereocenters. The summed E-state index contributed by atoms with van der Waals surface area (Å²) in [5, 5.41) is 23.3. The maximum Gasteiger partial charge on any atom is 0.264 e. The molecule has 0 saturated carbocycles. The molecule has 1 spiro atoms. The molecule has 0 aliphatic carbocycles. The number of aliphatic hydroxyl groups excluding tert-OH is 1. The molecule has 2 aromatic carbocycles. The van der Waals surface area contributed by atoms with Gasteiger partial charge in [-0.2, -0.15) is 0 Å². The van der Waals surface area contributed by atoms with Gasteiger partial charge in [0.25, 0.3) is 5.91 Å². The number of hydrogen-bond donors (Lipinski definition) is 3. The number of carbonyl (C=O) groups is 2. The highest BCUT2D eigenvalue weighted by Gasteiger charge is 2.65. The van der Waals surface area contributed by atoms with Crippen molar-refractivity contribution < 1.29 is 24.5 Å². The number of aliphatic hydroxyl groups is 2. The van der Waals surface area contributed by atoms with Crippen LogP contribution in [0.3, 0.4) is 0 Å². The van der Waals surface area contributed by atoms with Crippen molar-refractivity contribution in [1.29, 1.82) is 0 Å². The molecule has 4 rings (SSSR count). The molecule has 0 unspecified atom stereocenters. The van der Waals surface area contributed by atoms with E-state index in [1.807, 2.05) is 55.5 Å². The molecule has 3 N–H and O–H groups in total. The van der Waals surface area contributed by atoms with Crippen LogP contribution < -0.4 is 10.2 Å². The summed E-state index contributed by atoms with van der Waals surface area (Å²) >= 11 is 0. The molecule has 2 heterocycles. The predicted molar refractivity (Wildman–Crippen MR) is 126 cm³/mol. The zero-order valence-electron chi connectivity index (χ0n) is 19.5. The van der Waals surface area contributed by atoms with Gasteiger partial charge >= 0.3 is 0 Å². The van der Waals surface area contributed by atoms with Crippen LogP contribution in [-0.4, -0.2) is 40.3 Å². The second-order valence-corrected chi connectivity index (χ2v) is 9.66. The number of para-hydroxylation sites is 1. The van der Waals surface area contributed by atoms with Crippen LogP contribution in [0.1, 0.15) is 45.2 Å². The largest absolute Gasteiger partial charge is 0.396 e. The standard InChI is InChI=1S/C26H32N2O5/c1-16-23(25(3,4)32)22(13-14-29)33-26(16)20-7-5-6-8-21(20)28(24(26)31)15-18-9-11-19(12-10-18)27-17(2)30/h5-12,16,22-23,29,32H,13-15H2,1-4H3,(H,27,30)/t16-,22+,23-,26+/m0/s1. The van der Waals surface area contributed by atoms with E-state index in [9.17, 15) is 19.8 Å². The summed E-state index contributed by atoms with van der Waals surface area (Å²) in [6.07, 6.45) is -0.0974. The van der Waals surface area contributed by atoms with E-state index in [1.54, 1.807) is 18.7 Å². The first-order chi connectivity index (χ1) is 15.6. The first kappa shape index (κ1) is 23.4. The molecular weight excluding hydrogens is 420 g/mol. The summed E-state index contributed by atoms with van der Waals surface area (Å²) in [6, 6.07) is 15.0. The Morgan fingerprint density at radius 3 is 2.45 bits per heavy atom. The Labute approximate surface area is 194 Å². The van der Waals surface area contributed by atoms with Gasteiger partial charge in [-0.05, 0) is 44.0 Å². The molecule has 2 aliphatic heterocycles. The number of nitrogens with one attached hydrogen (secondary N) is 1. The van der Waals surface area contributed by atoms with Crippen LogP contribution >= 0.6 is 0 Å². The van der Waals surface area contributed by atoms with Gasteiger partial charge in [0, 0.05) is 36.6 Å². The number of ether oxygens (including phenoxy) is 1. The van der Waals surface area contributed by atoms with Gasteiger partial charge in [0.15, 0.2) is 5.60 Å². The maximum atomic E-state index is 14.0. The lowest BCUT2D eigenvalue weighted by Gasteiger charge is -2.34. The second-order valence-electron chi connectivity index (χ2n) is 9.66. The zero-order valence-corrected chi connectivity index (χ0v) is 19.5. The van der Waals surface area contributed by atoms with Crippen molar-refractivity contribution in [2.24, 2.45) is 11.8 Å². The lowest BCUT2D eigenvalue weighted by molar-refractivity contribution is -0.146. The van der Waals surface area contributed by atoms with Crippen LogP contribution in [-0.2, 0) is 26.5 Å². The summed E-state index contributed by atoms with van der Waals surface area (Å²) in [7, 11) is 0. The Bertz CT molecular complexity index is 1050. The van der Waals surface area contributed by atoms with Crippen molar-refractivity contribution in [3.63, 3.8) is 0 Å². The molecule has 33 heavy (non-hydrogen) atoms. The average Bonchev–Trinajstić information content (AvgIpc) is 3.17. The number of fused-ring (bicyclic) bond motifs is 2. The highest BCUT2D eigenvalue weighted by Crippen LogP contribution is 2.57.